The number of rotatable bonds is 6. The van der Waals surface area contributed by atoms with Crippen molar-refractivity contribution in [3.8, 4) is 56.4 Å². The SMILES string of the molecule is CC1(C)OB(c2ccc(-c3ccc(-c4nc(-c5ccccc5)nc(-c5ccc(-c6ccccc6)cc5)n4)cc3)cc2)OC1(C)C. The third-order valence-electron chi connectivity index (χ3n) is 8.83. The van der Waals surface area contributed by atoms with E-state index in [9.17, 15) is 0 Å². The Hall–Kier alpha value is -4.91. The van der Waals surface area contributed by atoms with Crippen LogP contribution in [0.2, 0.25) is 0 Å². The summed E-state index contributed by atoms with van der Waals surface area (Å²) in [6.07, 6.45) is 0. The van der Waals surface area contributed by atoms with Gasteiger partial charge in [-0.25, -0.2) is 15.0 Å². The Kier molecular flexibility index (Phi) is 7.40. The van der Waals surface area contributed by atoms with Crippen molar-refractivity contribution in [1.29, 1.82) is 0 Å². The Morgan fingerprint density at radius 2 is 0.667 bits per heavy atom. The van der Waals surface area contributed by atoms with Crippen LogP contribution in [0.5, 0.6) is 0 Å². The van der Waals surface area contributed by atoms with Gasteiger partial charge in [-0.1, -0.05) is 133 Å². The van der Waals surface area contributed by atoms with Crippen LogP contribution >= 0.6 is 0 Å². The predicted molar refractivity (Wildman–Crippen MR) is 183 cm³/mol. The van der Waals surface area contributed by atoms with Crippen LogP contribution < -0.4 is 5.46 Å². The van der Waals surface area contributed by atoms with Crippen molar-refractivity contribution in [3.05, 3.63) is 133 Å². The molecule has 1 aliphatic heterocycles. The van der Waals surface area contributed by atoms with Gasteiger partial charge in [-0.05, 0) is 55.4 Å². The van der Waals surface area contributed by atoms with Gasteiger partial charge in [0.2, 0.25) is 0 Å². The van der Waals surface area contributed by atoms with Crippen molar-refractivity contribution in [1.82, 2.24) is 15.0 Å². The highest BCUT2D eigenvalue weighted by Gasteiger charge is 2.51. The van der Waals surface area contributed by atoms with E-state index in [1.165, 1.54) is 5.56 Å². The summed E-state index contributed by atoms with van der Waals surface area (Å²) >= 11 is 0. The maximum atomic E-state index is 6.23. The van der Waals surface area contributed by atoms with Gasteiger partial charge in [-0.3, -0.25) is 0 Å². The van der Waals surface area contributed by atoms with Crippen LogP contribution in [0, 0.1) is 0 Å². The standard InChI is InChI=1S/C39H34BN3O2/c1-38(2)39(3,4)45-40(44-38)34-25-23-30(24-26-34)29-17-21-33(22-18-29)37-42-35(31-13-9-6-10-14-31)41-36(43-37)32-19-15-28(16-20-32)27-11-7-5-8-12-27/h5-26H,1-4H3. The molecule has 0 atom stereocenters. The van der Waals surface area contributed by atoms with E-state index in [4.69, 9.17) is 24.3 Å². The zero-order chi connectivity index (χ0) is 31.0. The average molecular weight is 588 g/mol. The van der Waals surface area contributed by atoms with Gasteiger partial charge in [0.05, 0.1) is 11.2 Å². The van der Waals surface area contributed by atoms with Crippen LogP contribution in [-0.4, -0.2) is 33.3 Å². The van der Waals surface area contributed by atoms with Gasteiger partial charge in [-0.15, -0.1) is 0 Å². The molecule has 2 heterocycles. The summed E-state index contributed by atoms with van der Waals surface area (Å²) in [5, 5.41) is 0. The average Bonchev–Trinajstić information content (AvgIpc) is 3.31. The summed E-state index contributed by atoms with van der Waals surface area (Å²) in [5.41, 5.74) is 7.63. The maximum absolute atomic E-state index is 6.23. The monoisotopic (exact) mass is 587 g/mol. The molecule has 1 aromatic heterocycles. The molecule has 0 unspecified atom stereocenters. The highest BCUT2D eigenvalue weighted by Crippen LogP contribution is 2.36. The normalized spacial score (nSPS) is 15.2. The summed E-state index contributed by atoms with van der Waals surface area (Å²) in [5.74, 6) is 1.92. The first-order valence-corrected chi connectivity index (χ1v) is 15.3. The molecule has 0 aliphatic carbocycles. The van der Waals surface area contributed by atoms with Crippen molar-refractivity contribution in [2.45, 2.75) is 38.9 Å². The lowest BCUT2D eigenvalue weighted by Crippen LogP contribution is -2.41. The Balaban J connectivity index is 1.18. The Morgan fingerprint density at radius 3 is 1.07 bits per heavy atom. The quantitative estimate of drug-likeness (QED) is 0.183. The molecule has 0 bridgehead atoms. The van der Waals surface area contributed by atoms with Crippen LogP contribution in [0.1, 0.15) is 27.7 Å². The van der Waals surface area contributed by atoms with E-state index in [1.807, 2.05) is 36.4 Å². The van der Waals surface area contributed by atoms with E-state index in [0.29, 0.717) is 17.5 Å². The lowest BCUT2D eigenvalue weighted by molar-refractivity contribution is 0.00578. The largest absolute Gasteiger partial charge is 0.494 e. The fraction of sp³-hybridized carbons (Fsp3) is 0.154. The third-order valence-corrected chi connectivity index (χ3v) is 8.83. The molecule has 0 radical (unpaired) electrons. The highest BCUT2D eigenvalue weighted by atomic mass is 16.7. The summed E-state index contributed by atoms with van der Waals surface area (Å²) in [4.78, 5) is 14.7. The van der Waals surface area contributed by atoms with Crippen LogP contribution in [0.3, 0.4) is 0 Å². The van der Waals surface area contributed by atoms with Gasteiger partial charge >= 0.3 is 7.12 Å². The molecular weight excluding hydrogens is 553 g/mol. The Bertz CT molecular complexity index is 1910. The van der Waals surface area contributed by atoms with Crippen LogP contribution in [-0.2, 0) is 9.31 Å². The first-order valence-electron chi connectivity index (χ1n) is 15.3. The van der Waals surface area contributed by atoms with Crippen molar-refractivity contribution in [2.24, 2.45) is 0 Å². The predicted octanol–water partition coefficient (Wildman–Crippen LogP) is 8.51. The number of aromatic nitrogens is 3. The molecule has 0 saturated carbocycles. The molecule has 0 N–H and O–H groups in total. The minimum absolute atomic E-state index is 0.368. The lowest BCUT2D eigenvalue weighted by Gasteiger charge is -2.32. The van der Waals surface area contributed by atoms with E-state index in [-0.39, 0.29) is 18.3 Å². The van der Waals surface area contributed by atoms with E-state index >= 15 is 0 Å². The van der Waals surface area contributed by atoms with Gasteiger partial charge < -0.3 is 9.31 Å². The molecule has 5 aromatic carbocycles. The summed E-state index contributed by atoms with van der Waals surface area (Å²) in [6.45, 7) is 8.29. The van der Waals surface area contributed by atoms with E-state index in [1.54, 1.807) is 0 Å². The number of benzene rings is 5. The maximum Gasteiger partial charge on any atom is 0.494 e. The van der Waals surface area contributed by atoms with Crippen LogP contribution in [0.4, 0.5) is 0 Å². The van der Waals surface area contributed by atoms with E-state index < -0.39 is 0 Å². The summed E-state index contributed by atoms with van der Waals surface area (Å²) in [6, 6.07) is 45.5. The lowest BCUT2D eigenvalue weighted by atomic mass is 9.78. The fourth-order valence-corrected chi connectivity index (χ4v) is 5.42. The Morgan fingerprint density at radius 1 is 0.378 bits per heavy atom. The van der Waals surface area contributed by atoms with Gasteiger partial charge in [0.25, 0.3) is 0 Å². The highest BCUT2D eigenvalue weighted by molar-refractivity contribution is 6.62. The van der Waals surface area contributed by atoms with Gasteiger partial charge in [-0.2, -0.15) is 0 Å². The minimum Gasteiger partial charge on any atom is -0.399 e. The number of hydrogen-bond acceptors (Lipinski definition) is 5. The van der Waals surface area contributed by atoms with Gasteiger partial charge in [0.1, 0.15) is 0 Å². The van der Waals surface area contributed by atoms with E-state index in [2.05, 4.69) is 125 Å². The Labute approximate surface area is 265 Å². The second-order valence-corrected chi connectivity index (χ2v) is 12.4. The van der Waals surface area contributed by atoms with Crippen LogP contribution in [0.15, 0.2) is 133 Å². The summed E-state index contributed by atoms with van der Waals surface area (Å²) < 4.78 is 12.5. The molecule has 45 heavy (non-hydrogen) atoms. The fourth-order valence-electron chi connectivity index (χ4n) is 5.42. The molecule has 1 saturated heterocycles. The number of hydrogen-bond donors (Lipinski definition) is 0. The van der Waals surface area contributed by atoms with Crippen molar-refractivity contribution in [3.63, 3.8) is 0 Å². The number of nitrogens with zero attached hydrogens (tertiary/aromatic N) is 3. The zero-order valence-corrected chi connectivity index (χ0v) is 25.9. The van der Waals surface area contributed by atoms with E-state index in [0.717, 1.165) is 38.8 Å². The molecule has 0 spiro atoms. The first-order chi connectivity index (χ1) is 21.8. The van der Waals surface area contributed by atoms with Crippen molar-refractivity contribution < 1.29 is 9.31 Å². The zero-order valence-electron chi connectivity index (χ0n) is 25.9. The second-order valence-electron chi connectivity index (χ2n) is 12.4. The topological polar surface area (TPSA) is 57.1 Å². The molecule has 1 aliphatic rings. The van der Waals surface area contributed by atoms with Gasteiger partial charge in [0.15, 0.2) is 17.5 Å². The molecule has 6 heteroatoms. The first kappa shape index (κ1) is 28.8. The van der Waals surface area contributed by atoms with Crippen molar-refractivity contribution >= 4 is 12.6 Å². The minimum atomic E-state index is -0.377. The molecule has 220 valence electrons. The molecule has 1 fully saturated rings. The summed E-state index contributed by atoms with van der Waals surface area (Å²) in [7, 11) is -0.377. The van der Waals surface area contributed by atoms with Gasteiger partial charge in [0, 0.05) is 16.7 Å². The van der Waals surface area contributed by atoms with Crippen LogP contribution in [0.25, 0.3) is 56.4 Å². The molecule has 5 nitrogen and oxygen atoms in total. The molecule has 0 amide bonds. The van der Waals surface area contributed by atoms with Crippen molar-refractivity contribution in [2.75, 3.05) is 0 Å². The molecule has 6 aromatic rings. The third kappa shape index (κ3) is 5.83. The molecule has 7 rings (SSSR count). The second kappa shape index (κ2) is 11.5. The smallest absolute Gasteiger partial charge is 0.399 e. The molecular formula is C39H34BN3O2.